The van der Waals surface area contributed by atoms with Gasteiger partial charge in [0.25, 0.3) is 5.91 Å². The van der Waals surface area contributed by atoms with Crippen LogP contribution in [0.4, 0.5) is 5.69 Å². The van der Waals surface area contributed by atoms with Crippen molar-refractivity contribution in [2.24, 2.45) is 0 Å². The van der Waals surface area contributed by atoms with E-state index in [0.717, 1.165) is 5.56 Å². The number of hydrogen-bond acceptors (Lipinski definition) is 5. The maximum Gasteiger partial charge on any atom is 0.343 e. The summed E-state index contributed by atoms with van der Waals surface area (Å²) in [6, 6.07) is 20.5. The lowest BCUT2D eigenvalue weighted by molar-refractivity contribution is -0.125. The summed E-state index contributed by atoms with van der Waals surface area (Å²) in [6.45, 7) is 3.30. The van der Waals surface area contributed by atoms with Crippen molar-refractivity contribution < 1.29 is 23.9 Å². The molecule has 0 heterocycles. The smallest absolute Gasteiger partial charge is 0.343 e. The Morgan fingerprint density at radius 3 is 2.32 bits per heavy atom. The molecule has 0 fully saturated rings. The van der Waals surface area contributed by atoms with E-state index in [1.54, 1.807) is 66.7 Å². The van der Waals surface area contributed by atoms with E-state index in [4.69, 9.17) is 9.47 Å². The molecule has 158 valence electrons. The van der Waals surface area contributed by atoms with Gasteiger partial charge in [-0.2, -0.15) is 0 Å². The van der Waals surface area contributed by atoms with E-state index in [1.807, 2.05) is 13.0 Å². The second-order valence-electron chi connectivity index (χ2n) is 7.03. The number of amides is 1. The number of hydrogen-bond donors (Lipinski definition) is 1. The molecule has 6 nitrogen and oxygen atoms in total. The summed E-state index contributed by atoms with van der Waals surface area (Å²) in [5.74, 6) is -0.973. The number of carbonyl (C=O) groups is 3. The van der Waals surface area contributed by atoms with Crippen molar-refractivity contribution >= 4 is 23.3 Å². The molecule has 0 radical (unpaired) electrons. The van der Waals surface area contributed by atoms with Crippen LogP contribution in [0.2, 0.25) is 0 Å². The molecule has 0 spiro atoms. The molecule has 0 saturated heterocycles. The van der Waals surface area contributed by atoms with Gasteiger partial charge in [0.05, 0.1) is 7.11 Å². The Balaban J connectivity index is 1.90. The highest BCUT2D eigenvalue weighted by atomic mass is 16.5. The van der Waals surface area contributed by atoms with Crippen molar-refractivity contribution in [1.82, 2.24) is 0 Å². The van der Waals surface area contributed by atoms with Crippen LogP contribution in [0.5, 0.6) is 5.75 Å². The normalized spacial score (nSPS) is 11.3. The molecule has 6 heteroatoms. The predicted octanol–water partition coefficient (Wildman–Crippen LogP) is 4.74. The van der Waals surface area contributed by atoms with E-state index in [2.05, 4.69) is 5.32 Å². The Hall–Kier alpha value is -3.93. The van der Waals surface area contributed by atoms with Crippen molar-refractivity contribution in [2.75, 3.05) is 12.4 Å². The average molecular weight is 417 g/mol. The average Bonchev–Trinajstić information content (AvgIpc) is 2.78. The molecule has 31 heavy (non-hydrogen) atoms. The van der Waals surface area contributed by atoms with E-state index in [1.165, 1.54) is 14.0 Å². The van der Waals surface area contributed by atoms with Crippen LogP contribution in [-0.2, 0) is 9.53 Å². The molecule has 3 rings (SSSR count). The Morgan fingerprint density at radius 1 is 0.903 bits per heavy atom. The number of Topliss-reactive ketones (excluding diaryl/α,β-unsaturated/α-hetero) is 1. The molecule has 1 N–H and O–H groups in total. The fourth-order valence-corrected chi connectivity index (χ4v) is 3.08. The predicted molar refractivity (Wildman–Crippen MR) is 117 cm³/mol. The minimum absolute atomic E-state index is 0.117. The third kappa shape index (κ3) is 5.36. The zero-order valence-corrected chi connectivity index (χ0v) is 17.5. The topological polar surface area (TPSA) is 81.7 Å². The summed E-state index contributed by atoms with van der Waals surface area (Å²) < 4.78 is 10.9. The molecule has 1 atom stereocenters. The van der Waals surface area contributed by atoms with Gasteiger partial charge in [-0.1, -0.05) is 54.1 Å². The van der Waals surface area contributed by atoms with E-state index in [0.29, 0.717) is 22.6 Å². The van der Waals surface area contributed by atoms with Gasteiger partial charge in [0.1, 0.15) is 11.3 Å². The number of ether oxygens (including phenoxy) is 2. The quantitative estimate of drug-likeness (QED) is 0.443. The van der Waals surface area contributed by atoms with E-state index in [9.17, 15) is 14.4 Å². The van der Waals surface area contributed by atoms with Gasteiger partial charge in [0.15, 0.2) is 5.78 Å². The fourth-order valence-electron chi connectivity index (χ4n) is 3.08. The van der Waals surface area contributed by atoms with Gasteiger partial charge in [-0.15, -0.1) is 0 Å². The van der Waals surface area contributed by atoms with Gasteiger partial charge < -0.3 is 14.8 Å². The molecular formula is C25H23NO5. The van der Waals surface area contributed by atoms with Crippen LogP contribution < -0.4 is 10.1 Å². The van der Waals surface area contributed by atoms with Crippen molar-refractivity contribution in [1.29, 1.82) is 0 Å². The number of rotatable bonds is 7. The van der Waals surface area contributed by atoms with Crippen LogP contribution in [0, 0.1) is 6.92 Å². The molecule has 3 aromatic carbocycles. The van der Waals surface area contributed by atoms with Gasteiger partial charge in [0.2, 0.25) is 6.10 Å². The van der Waals surface area contributed by atoms with Crippen molar-refractivity contribution in [3.8, 4) is 5.75 Å². The lowest BCUT2D eigenvalue weighted by Gasteiger charge is -2.19. The second kappa shape index (κ2) is 9.71. The number of carbonyl (C=O) groups excluding carboxylic acids is 3. The molecule has 3 aromatic rings. The number of ketones is 1. The first-order valence-electron chi connectivity index (χ1n) is 9.71. The van der Waals surface area contributed by atoms with Gasteiger partial charge in [-0.05, 0) is 38.1 Å². The molecule has 1 amide bonds. The van der Waals surface area contributed by atoms with Crippen molar-refractivity contribution in [3.05, 3.63) is 95.1 Å². The third-order valence-electron chi connectivity index (χ3n) is 4.68. The number of anilines is 1. The number of benzene rings is 3. The summed E-state index contributed by atoms with van der Waals surface area (Å²) >= 11 is 0. The van der Waals surface area contributed by atoms with Crippen LogP contribution >= 0.6 is 0 Å². The van der Waals surface area contributed by atoms with Gasteiger partial charge >= 0.3 is 5.97 Å². The van der Waals surface area contributed by atoms with Crippen molar-refractivity contribution in [3.63, 3.8) is 0 Å². The first kappa shape index (κ1) is 21.8. The molecule has 0 aliphatic rings. The zero-order valence-electron chi connectivity index (χ0n) is 17.5. The summed E-state index contributed by atoms with van der Waals surface area (Å²) in [4.78, 5) is 37.6. The largest absolute Gasteiger partial charge is 0.496 e. The Labute approximate surface area is 180 Å². The molecular weight excluding hydrogens is 394 g/mol. The van der Waals surface area contributed by atoms with Crippen LogP contribution in [0.3, 0.4) is 0 Å². The molecule has 0 unspecified atom stereocenters. The molecule has 0 aromatic heterocycles. The number of nitrogens with one attached hydrogen (secondary N) is 1. The van der Waals surface area contributed by atoms with Crippen LogP contribution in [0.15, 0.2) is 72.8 Å². The molecule has 0 aliphatic heterocycles. The van der Waals surface area contributed by atoms with Gasteiger partial charge in [-0.3, -0.25) is 9.59 Å². The maximum atomic E-state index is 13.1. The van der Waals surface area contributed by atoms with E-state index < -0.39 is 18.0 Å². The fraction of sp³-hybridized carbons (Fsp3) is 0.160. The highest BCUT2D eigenvalue weighted by Crippen LogP contribution is 2.26. The maximum absolute atomic E-state index is 13.1. The Morgan fingerprint density at radius 2 is 1.65 bits per heavy atom. The molecule has 0 saturated carbocycles. The van der Waals surface area contributed by atoms with E-state index in [-0.39, 0.29) is 11.3 Å². The van der Waals surface area contributed by atoms with E-state index >= 15 is 0 Å². The molecule has 0 bridgehead atoms. The summed E-state index contributed by atoms with van der Waals surface area (Å²) in [5.41, 5.74) is 2.50. The van der Waals surface area contributed by atoms with Crippen LogP contribution in [0.1, 0.15) is 44.9 Å². The molecule has 0 aliphatic carbocycles. The van der Waals surface area contributed by atoms with Crippen LogP contribution in [-0.4, -0.2) is 24.8 Å². The zero-order chi connectivity index (χ0) is 22.4. The van der Waals surface area contributed by atoms with Crippen LogP contribution in [0.25, 0.3) is 0 Å². The monoisotopic (exact) mass is 417 g/mol. The first-order chi connectivity index (χ1) is 14.9. The summed E-state index contributed by atoms with van der Waals surface area (Å²) in [7, 11) is 1.46. The Bertz CT molecular complexity index is 1110. The minimum Gasteiger partial charge on any atom is -0.496 e. The lowest BCUT2D eigenvalue weighted by atomic mass is 10.1. The van der Waals surface area contributed by atoms with Gasteiger partial charge in [-0.25, -0.2) is 4.79 Å². The van der Waals surface area contributed by atoms with Crippen molar-refractivity contribution in [2.45, 2.75) is 20.0 Å². The number of aryl methyl sites for hydroxylation is 1. The summed E-state index contributed by atoms with van der Waals surface area (Å²) in [6.07, 6.45) is -1.19. The number of esters is 1. The number of methoxy groups -OCH3 is 1. The summed E-state index contributed by atoms with van der Waals surface area (Å²) in [5, 5.41) is 2.73. The standard InChI is InChI=1S/C25H23NO5/c1-16-12-13-22(30-3)21(14-16)25(29)31-23(18-8-5-4-6-9-18)24(28)26-20-11-7-10-19(15-20)17(2)27/h4-15,23H,1-3H3,(H,26,28)/t23-/m0/s1. The highest BCUT2D eigenvalue weighted by Gasteiger charge is 2.27. The second-order valence-corrected chi connectivity index (χ2v) is 7.03. The van der Waals surface area contributed by atoms with Gasteiger partial charge in [0, 0.05) is 16.8 Å². The SMILES string of the molecule is COc1ccc(C)cc1C(=O)O[C@H](C(=O)Nc1cccc(C(C)=O)c1)c1ccccc1. The third-order valence-corrected chi connectivity index (χ3v) is 4.68. The highest BCUT2D eigenvalue weighted by molar-refractivity contribution is 6.00. The lowest BCUT2D eigenvalue weighted by Crippen LogP contribution is -2.26. The first-order valence-corrected chi connectivity index (χ1v) is 9.71. The minimum atomic E-state index is -1.19. The Kier molecular flexibility index (Phi) is 6.82.